The Hall–Kier alpha value is -1.73. The summed E-state index contributed by atoms with van der Waals surface area (Å²) in [5.41, 5.74) is 0.541. The van der Waals surface area contributed by atoms with Gasteiger partial charge in [-0.3, -0.25) is 9.36 Å². The van der Waals surface area contributed by atoms with Gasteiger partial charge in [-0.25, -0.2) is 0 Å². The van der Waals surface area contributed by atoms with Crippen molar-refractivity contribution in [2.24, 2.45) is 0 Å². The minimum atomic E-state index is -1.26. The molecule has 1 aromatic heterocycles. The highest BCUT2D eigenvalue weighted by Gasteiger charge is 2.43. The summed E-state index contributed by atoms with van der Waals surface area (Å²) < 4.78 is 6.67. The predicted octanol–water partition coefficient (Wildman–Crippen LogP) is -0.0786. The van der Waals surface area contributed by atoms with Gasteiger partial charge >= 0.3 is 0 Å². The standard InChI is InChI=1S/C15H17NO5/c1-8-3-2-4-9-5-6-16(14(20)11(8)9)15-13(19)12(18)10(7-17)21-15/h2-6,10,12-13,15,17-19H,7H2,1H3/t10-,12-,13-,15?/m1/s1. The molecule has 0 aliphatic carbocycles. The van der Waals surface area contributed by atoms with Gasteiger partial charge in [0.05, 0.1) is 12.0 Å². The summed E-state index contributed by atoms with van der Waals surface area (Å²) in [5, 5.41) is 30.3. The molecular weight excluding hydrogens is 274 g/mol. The van der Waals surface area contributed by atoms with Crippen LogP contribution in [-0.2, 0) is 4.74 Å². The van der Waals surface area contributed by atoms with Crippen LogP contribution in [0.1, 0.15) is 11.8 Å². The van der Waals surface area contributed by atoms with Crippen LogP contribution in [0.5, 0.6) is 0 Å². The minimum absolute atomic E-state index is 0.291. The number of aromatic nitrogens is 1. The Labute approximate surface area is 120 Å². The summed E-state index contributed by atoms with van der Waals surface area (Å²) in [7, 11) is 0. The highest BCUT2D eigenvalue weighted by molar-refractivity contribution is 5.84. The van der Waals surface area contributed by atoms with E-state index in [1.807, 2.05) is 25.1 Å². The predicted molar refractivity (Wildman–Crippen MR) is 76.0 cm³/mol. The summed E-state index contributed by atoms with van der Waals surface area (Å²) in [6.45, 7) is 1.42. The van der Waals surface area contributed by atoms with Gasteiger partial charge in [-0.2, -0.15) is 0 Å². The maximum atomic E-state index is 12.6. The van der Waals surface area contributed by atoms with Gasteiger partial charge in [0, 0.05) is 6.20 Å². The zero-order chi connectivity index (χ0) is 15.1. The number of rotatable bonds is 2. The molecule has 0 radical (unpaired) electrons. The molecule has 1 aliphatic rings. The molecule has 2 heterocycles. The summed E-state index contributed by atoms with van der Waals surface area (Å²) >= 11 is 0. The van der Waals surface area contributed by atoms with E-state index in [-0.39, 0.29) is 5.56 Å². The summed E-state index contributed by atoms with van der Waals surface area (Å²) in [4.78, 5) is 12.6. The van der Waals surface area contributed by atoms with E-state index in [0.29, 0.717) is 5.39 Å². The van der Waals surface area contributed by atoms with E-state index in [4.69, 9.17) is 9.84 Å². The van der Waals surface area contributed by atoms with Crippen molar-refractivity contribution in [1.29, 1.82) is 0 Å². The molecule has 1 aliphatic heterocycles. The molecule has 0 spiro atoms. The van der Waals surface area contributed by atoms with Crippen LogP contribution < -0.4 is 5.56 Å². The Kier molecular flexibility index (Phi) is 3.54. The molecule has 0 bridgehead atoms. The Morgan fingerprint density at radius 2 is 2.00 bits per heavy atom. The molecule has 1 aromatic carbocycles. The van der Waals surface area contributed by atoms with Gasteiger partial charge in [-0.15, -0.1) is 0 Å². The lowest BCUT2D eigenvalue weighted by molar-refractivity contribution is -0.0541. The van der Waals surface area contributed by atoms with E-state index in [1.54, 1.807) is 6.07 Å². The van der Waals surface area contributed by atoms with Crippen LogP contribution in [0.15, 0.2) is 35.3 Å². The fourth-order valence-corrected chi connectivity index (χ4v) is 2.79. The van der Waals surface area contributed by atoms with Crippen molar-refractivity contribution >= 4 is 10.8 Å². The van der Waals surface area contributed by atoms with Crippen LogP contribution >= 0.6 is 0 Å². The first-order chi connectivity index (χ1) is 10.0. The third-order valence-corrected chi connectivity index (χ3v) is 3.96. The molecule has 3 rings (SSSR count). The quantitative estimate of drug-likeness (QED) is 0.720. The Morgan fingerprint density at radius 1 is 1.24 bits per heavy atom. The van der Waals surface area contributed by atoms with Gasteiger partial charge in [-0.05, 0) is 23.9 Å². The highest BCUT2D eigenvalue weighted by atomic mass is 16.6. The fourth-order valence-electron chi connectivity index (χ4n) is 2.79. The van der Waals surface area contributed by atoms with Crippen molar-refractivity contribution in [2.45, 2.75) is 31.5 Å². The summed E-state index contributed by atoms with van der Waals surface area (Å²) in [5.74, 6) is 0. The number of pyridine rings is 1. The van der Waals surface area contributed by atoms with Crippen LogP contribution in [0.25, 0.3) is 10.8 Å². The number of aryl methyl sites for hydroxylation is 1. The van der Waals surface area contributed by atoms with Crippen molar-refractivity contribution in [3.8, 4) is 0 Å². The van der Waals surface area contributed by atoms with Crippen LogP contribution in [0.2, 0.25) is 0 Å². The Balaban J connectivity index is 2.12. The number of aliphatic hydroxyl groups excluding tert-OH is 3. The Morgan fingerprint density at radius 3 is 2.67 bits per heavy atom. The number of ether oxygens (including phenoxy) is 1. The molecule has 1 fully saturated rings. The van der Waals surface area contributed by atoms with E-state index in [9.17, 15) is 15.0 Å². The average molecular weight is 291 g/mol. The first-order valence-corrected chi connectivity index (χ1v) is 6.77. The zero-order valence-electron chi connectivity index (χ0n) is 11.5. The topological polar surface area (TPSA) is 91.9 Å². The maximum Gasteiger partial charge on any atom is 0.260 e. The van der Waals surface area contributed by atoms with Crippen LogP contribution in [-0.4, -0.2) is 44.8 Å². The number of fused-ring (bicyclic) bond motifs is 1. The van der Waals surface area contributed by atoms with Crippen molar-refractivity contribution < 1.29 is 20.1 Å². The zero-order valence-corrected chi connectivity index (χ0v) is 11.5. The second-order valence-electron chi connectivity index (χ2n) is 5.30. The van der Waals surface area contributed by atoms with Crippen LogP contribution in [0.3, 0.4) is 0 Å². The van der Waals surface area contributed by atoms with Crippen molar-refractivity contribution in [1.82, 2.24) is 4.57 Å². The summed E-state index contributed by atoms with van der Waals surface area (Å²) in [6.07, 6.45) is -2.86. The molecular formula is C15H17NO5. The largest absolute Gasteiger partial charge is 0.394 e. The molecule has 4 atom stereocenters. The van der Waals surface area contributed by atoms with Crippen LogP contribution in [0.4, 0.5) is 0 Å². The van der Waals surface area contributed by atoms with Gasteiger partial charge in [0.25, 0.3) is 5.56 Å². The maximum absolute atomic E-state index is 12.6. The van der Waals surface area contributed by atoms with Gasteiger partial charge in [-0.1, -0.05) is 18.2 Å². The Bertz CT molecular complexity index is 726. The molecule has 6 nitrogen and oxygen atoms in total. The van der Waals surface area contributed by atoms with E-state index < -0.39 is 31.1 Å². The van der Waals surface area contributed by atoms with Crippen LogP contribution in [0, 0.1) is 6.92 Å². The highest BCUT2D eigenvalue weighted by Crippen LogP contribution is 2.28. The first kappa shape index (κ1) is 14.2. The lowest BCUT2D eigenvalue weighted by Gasteiger charge is -2.18. The van der Waals surface area contributed by atoms with Crippen molar-refractivity contribution in [2.75, 3.05) is 6.61 Å². The van der Waals surface area contributed by atoms with E-state index >= 15 is 0 Å². The molecule has 1 saturated heterocycles. The SMILES string of the molecule is Cc1cccc2ccn(C3O[C@H](CO)[C@@H](O)[C@H]3O)c(=O)c12. The fraction of sp³-hybridized carbons (Fsp3) is 0.400. The summed E-state index contributed by atoms with van der Waals surface area (Å²) in [6, 6.07) is 7.31. The molecule has 112 valence electrons. The third-order valence-electron chi connectivity index (χ3n) is 3.96. The first-order valence-electron chi connectivity index (χ1n) is 6.77. The lowest BCUT2D eigenvalue weighted by atomic mass is 10.1. The molecule has 0 saturated carbocycles. The molecule has 21 heavy (non-hydrogen) atoms. The number of aliphatic hydroxyl groups is 3. The van der Waals surface area contributed by atoms with E-state index in [2.05, 4.69) is 0 Å². The second kappa shape index (κ2) is 5.23. The average Bonchev–Trinajstić information content (AvgIpc) is 2.75. The molecule has 1 unspecified atom stereocenters. The van der Waals surface area contributed by atoms with Gasteiger partial charge < -0.3 is 20.1 Å². The molecule has 0 amide bonds. The van der Waals surface area contributed by atoms with E-state index in [1.165, 1.54) is 10.8 Å². The monoisotopic (exact) mass is 291 g/mol. The number of benzene rings is 1. The third kappa shape index (κ3) is 2.16. The number of hydrogen-bond acceptors (Lipinski definition) is 5. The normalized spacial score (nSPS) is 29.1. The van der Waals surface area contributed by atoms with E-state index in [0.717, 1.165) is 10.9 Å². The molecule has 2 aromatic rings. The lowest BCUT2D eigenvalue weighted by Crippen LogP contribution is -2.35. The number of hydrogen-bond donors (Lipinski definition) is 3. The smallest absolute Gasteiger partial charge is 0.260 e. The minimum Gasteiger partial charge on any atom is -0.394 e. The molecule has 6 heteroatoms. The van der Waals surface area contributed by atoms with Gasteiger partial charge in [0.15, 0.2) is 6.23 Å². The number of nitrogens with zero attached hydrogens (tertiary/aromatic N) is 1. The van der Waals surface area contributed by atoms with Crippen molar-refractivity contribution in [3.63, 3.8) is 0 Å². The van der Waals surface area contributed by atoms with Crippen molar-refractivity contribution in [3.05, 3.63) is 46.4 Å². The van der Waals surface area contributed by atoms with Gasteiger partial charge in [0.2, 0.25) is 0 Å². The van der Waals surface area contributed by atoms with Gasteiger partial charge in [0.1, 0.15) is 18.3 Å². The second-order valence-corrected chi connectivity index (χ2v) is 5.30. The molecule has 3 N–H and O–H groups in total.